The minimum absolute atomic E-state index is 0. The van der Waals surface area contributed by atoms with E-state index >= 15 is 0 Å². The van der Waals surface area contributed by atoms with Crippen molar-refractivity contribution in [3.8, 4) is 5.75 Å². The Labute approximate surface area is 151 Å². The van der Waals surface area contributed by atoms with Crippen molar-refractivity contribution in [2.24, 2.45) is 11.7 Å². The standard InChI is InChI=1S/C17H23F3N2O2.ClH/c1-2-8-24-15-7-6-12(17(18,19)20)10-14(15)22-16(23)11-4-3-5-13(21)9-11;/h6-7,10-11,13H,2-5,8-9,21H2,1H3,(H,22,23);1H. The second-order valence-corrected chi connectivity index (χ2v) is 6.17. The van der Waals surface area contributed by atoms with Crippen LogP contribution < -0.4 is 15.8 Å². The SMILES string of the molecule is CCCOc1ccc(C(F)(F)F)cc1NC(=O)C1CCCC(N)C1.Cl. The number of amides is 1. The van der Waals surface area contributed by atoms with Crippen LogP contribution in [0.25, 0.3) is 0 Å². The fraction of sp³-hybridized carbons (Fsp3) is 0.588. The highest BCUT2D eigenvalue weighted by Crippen LogP contribution is 2.36. The van der Waals surface area contributed by atoms with Gasteiger partial charge in [0.2, 0.25) is 5.91 Å². The van der Waals surface area contributed by atoms with Crippen molar-refractivity contribution in [3.05, 3.63) is 23.8 Å². The van der Waals surface area contributed by atoms with Gasteiger partial charge >= 0.3 is 6.18 Å². The van der Waals surface area contributed by atoms with Gasteiger partial charge in [-0.15, -0.1) is 12.4 Å². The average molecular weight is 381 g/mol. The number of nitrogens with one attached hydrogen (secondary N) is 1. The van der Waals surface area contributed by atoms with Gasteiger partial charge in [0.05, 0.1) is 17.9 Å². The third-order valence-corrected chi connectivity index (χ3v) is 4.11. The number of carbonyl (C=O) groups is 1. The van der Waals surface area contributed by atoms with E-state index in [1.807, 2.05) is 6.92 Å². The largest absolute Gasteiger partial charge is 0.491 e. The first-order valence-corrected chi connectivity index (χ1v) is 8.21. The summed E-state index contributed by atoms with van der Waals surface area (Å²) in [4.78, 5) is 12.4. The summed E-state index contributed by atoms with van der Waals surface area (Å²) in [6, 6.07) is 3.09. The summed E-state index contributed by atoms with van der Waals surface area (Å²) >= 11 is 0. The van der Waals surface area contributed by atoms with Crippen molar-refractivity contribution in [2.75, 3.05) is 11.9 Å². The van der Waals surface area contributed by atoms with E-state index in [0.717, 1.165) is 25.0 Å². The van der Waals surface area contributed by atoms with Gasteiger partial charge in [-0.05, 0) is 43.9 Å². The second kappa shape index (κ2) is 9.29. The molecule has 0 bridgehead atoms. The number of ether oxygens (including phenoxy) is 1. The van der Waals surface area contributed by atoms with E-state index in [-0.39, 0.29) is 41.7 Å². The highest BCUT2D eigenvalue weighted by atomic mass is 35.5. The molecule has 8 heteroatoms. The minimum Gasteiger partial charge on any atom is -0.491 e. The Morgan fingerprint density at radius 1 is 1.36 bits per heavy atom. The molecule has 1 aliphatic rings. The zero-order valence-corrected chi connectivity index (χ0v) is 14.9. The number of rotatable bonds is 5. The van der Waals surface area contributed by atoms with Crippen LogP contribution in [0.5, 0.6) is 5.75 Å². The Morgan fingerprint density at radius 2 is 2.08 bits per heavy atom. The number of anilines is 1. The predicted molar refractivity (Wildman–Crippen MR) is 93.0 cm³/mol. The molecule has 25 heavy (non-hydrogen) atoms. The summed E-state index contributed by atoms with van der Waals surface area (Å²) < 4.78 is 44.2. The molecule has 0 aromatic heterocycles. The Kier molecular flexibility index (Phi) is 8.02. The first-order valence-electron chi connectivity index (χ1n) is 8.21. The van der Waals surface area contributed by atoms with Crippen LogP contribution in [0.15, 0.2) is 18.2 Å². The van der Waals surface area contributed by atoms with Crippen molar-refractivity contribution in [2.45, 2.75) is 51.2 Å². The number of hydrogen-bond donors (Lipinski definition) is 2. The average Bonchev–Trinajstić information content (AvgIpc) is 2.52. The fourth-order valence-corrected chi connectivity index (χ4v) is 2.84. The van der Waals surface area contributed by atoms with E-state index in [4.69, 9.17) is 10.5 Å². The van der Waals surface area contributed by atoms with Gasteiger partial charge in [0.1, 0.15) is 5.75 Å². The molecule has 1 aromatic rings. The Balaban J connectivity index is 0.00000312. The van der Waals surface area contributed by atoms with Crippen LogP contribution in [0.1, 0.15) is 44.6 Å². The molecule has 0 spiro atoms. The van der Waals surface area contributed by atoms with Gasteiger partial charge in [0, 0.05) is 12.0 Å². The first kappa shape index (κ1) is 21.6. The van der Waals surface area contributed by atoms with Gasteiger partial charge in [-0.1, -0.05) is 13.3 Å². The van der Waals surface area contributed by atoms with Crippen LogP contribution in [-0.2, 0) is 11.0 Å². The van der Waals surface area contributed by atoms with E-state index in [1.165, 1.54) is 6.07 Å². The van der Waals surface area contributed by atoms with Gasteiger partial charge in [0.15, 0.2) is 0 Å². The van der Waals surface area contributed by atoms with Crippen molar-refractivity contribution < 1.29 is 22.7 Å². The molecule has 1 fully saturated rings. The normalized spacial score (nSPS) is 20.5. The maximum Gasteiger partial charge on any atom is 0.416 e. The van der Waals surface area contributed by atoms with Crippen LogP contribution in [0.4, 0.5) is 18.9 Å². The Bertz CT molecular complexity index is 582. The van der Waals surface area contributed by atoms with E-state index < -0.39 is 11.7 Å². The van der Waals surface area contributed by atoms with Gasteiger partial charge < -0.3 is 15.8 Å². The quantitative estimate of drug-likeness (QED) is 0.797. The summed E-state index contributed by atoms with van der Waals surface area (Å²) in [6.45, 7) is 2.26. The summed E-state index contributed by atoms with van der Waals surface area (Å²) in [5, 5.41) is 2.60. The molecule has 142 valence electrons. The molecule has 0 saturated heterocycles. The zero-order valence-electron chi connectivity index (χ0n) is 14.1. The summed E-state index contributed by atoms with van der Waals surface area (Å²) in [5.74, 6) is -0.327. The van der Waals surface area contributed by atoms with Gasteiger partial charge in [-0.25, -0.2) is 0 Å². The smallest absolute Gasteiger partial charge is 0.416 e. The van der Waals surface area contributed by atoms with Crippen molar-refractivity contribution in [1.82, 2.24) is 0 Å². The Hall–Kier alpha value is -1.47. The molecule has 2 atom stereocenters. The van der Waals surface area contributed by atoms with Crippen LogP contribution in [-0.4, -0.2) is 18.6 Å². The molecule has 2 rings (SSSR count). The molecule has 4 nitrogen and oxygen atoms in total. The Morgan fingerprint density at radius 3 is 2.68 bits per heavy atom. The lowest BCUT2D eigenvalue weighted by molar-refractivity contribution is -0.137. The molecular formula is C17H24ClF3N2O2. The number of nitrogens with two attached hydrogens (primary N) is 1. The van der Waals surface area contributed by atoms with Crippen LogP contribution in [0.3, 0.4) is 0 Å². The summed E-state index contributed by atoms with van der Waals surface area (Å²) in [6.07, 6.45) is -0.791. The lowest BCUT2D eigenvalue weighted by Crippen LogP contribution is -2.34. The molecule has 2 unspecified atom stereocenters. The fourth-order valence-electron chi connectivity index (χ4n) is 2.84. The first-order chi connectivity index (χ1) is 11.3. The summed E-state index contributed by atoms with van der Waals surface area (Å²) in [5.41, 5.74) is 5.12. The molecule has 1 amide bonds. The summed E-state index contributed by atoms with van der Waals surface area (Å²) in [7, 11) is 0. The molecular weight excluding hydrogens is 357 g/mol. The number of alkyl halides is 3. The van der Waals surface area contributed by atoms with Crippen LogP contribution >= 0.6 is 12.4 Å². The van der Waals surface area contributed by atoms with Crippen molar-refractivity contribution in [3.63, 3.8) is 0 Å². The predicted octanol–water partition coefficient (Wildman–Crippen LogP) is 4.37. The highest BCUT2D eigenvalue weighted by Gasteiger charge is 2.32. The van der Waals surface area contributed by atoms with Crippen molar-refractivity contribution >= 4 is 24.0 Å². The maximum atomic E-state index is 12.9. The zero-order chi connectivity index (χ0) is 17.7. The molecule has 3 N–H and O–H groups in total. The minimum atomic E-state index is -4.48. The third-order valence-electron chi connectivity index (χ3n) is 4.11. The number of benzene rings is 1. The van der Waals surface area contributed by atoms with Crippen molar-refractivity contribution in [1.29, 1.82) is 0 Å². The molecule has 0 radical (unpaired) electrons. The van der Waals surface area contributed by atoms with E-state index in [1.54, 1.807) is 0 Å². The lowest BCUT2D eigenvalue weighted by Gasteiger charge is -2.26. The van der Waals surface area contributed by atoms with E-state index in [0.29, 0.717) is 25.9 Å². The monoisotopic (exact) mass is 380 g/mol. The molecule has 0 heterocycles. The number of carbonyl (C=O) groups excluding carboxylic acids is 1. The maximum absolute atomic E-state index is 12.9. The van der Waals surface area contributed by atoms with Gasteiger partial charge in [0.25, 0.3) is 0 Å². The van der Waals surface area contributed by atoms with E-state index in [9.17, 15) is 18.0 Å². The highest BCUT2D eigenvalue weighted by molar-refractivity contribution is 5.94. The van der Waals surface area contributed by atoms with Crippen LogP contribution in [0, 0.1) is 5.92 Å². The molecule has 1 saturated carbocycles. The molecule has 1 aromatic carbocycles. The second-order valence-electron chi connectivity index (χ2n) is 6.17. The van der Waals surface area contributed by atoms with Gasteiger partial charge in [-0.3, -0.25) is 4.79 Å². The lowest BCUT2D eigenvalue weighted by atomic mass is 9.85. The van der Waals surface area contributed by atoms with Gasteiger partial charge in [-0.2, -0.15) is 13.2 Å². The number of halogens is 4. The number of hydrogen-bond acceptors (Lipinski definition) is 3. The third kappa shape index (κ3) is 6.08. The van der Waals surface area contributed by atoms with Crippen LogP contribution in [0.2, 0.25) is 0 Å². The molecule has 0 aliphatic heterocycles. The van der Waals surface area contributed by atoms with E-state index in [2.05, 4.69) is 5.32 Å². The topological polar surface area (TPSA) is 64.3 Å². The molecule has 1 aliphatic carbocycles.